The second-order valence-corrected chi connectivity index (χ2v) is 27.6. The molecule has 0 aromatic rings. The summed E-state index contributed by atoms with van der Waals surface area (Å²) in [7, 11) is 0. The number of fused-ring (bicyclic) bond motifs is 7. The smallest absolute Gasteiger partial charge is 0.303 e. The van der Waals surface area contributed by atoms with Gasteiger partial charge in [-0.25, -0.2) is 0 Å². The topological polar surface area (TPSA) is 464 Å². The molecular weight excluding hydrogens is 1170 g/mol. The fourth-order valence-electron chi connectivity index (χ4n) is 18.0. The number of aliphatic hydroxyl groups is 16. The van der Waals surface area contributed by atoms with Crippen LogP contribution < -0.4 is 5.32 Å². The number of hydrogen-bond donors (Lipinski definition) is 17. The van der Waals surface area contributed by atoms with Gasteiger partial charge in [0.25, 0.3) is 0 Å². The number of rotatable bonds is 15. The zero-order valence-corrected chi connectivity index (χ0v) is 50.1. The molecule has 7 saturated heterocycles. The predicted molar refractivity (Wildman–Crippen MR) is 289 cm³/mol. The van der Waals surface area contributed by atoms with Gasteiger partial charge in [0.15, 0.2) is 43.3 Å². The first kappa shape index (κ1) is 67.8. The molecule has 11 aliphatic rings. The summed E-state index contributed by atoms with van der Waals surface area (Å²) < 4.78 is 73.6. The van der Waals surface area contributed by atoms with Crippen molar-refractivity contribution in [3.8, 4) is 0 Å². The van der Waals surface area contributed by atoms with Gasteiger partial charge in [-0.3, -0.25) is 10.1 Å². The molecule has 0 radical (unpaired) electrons. The van der Waals surface area contributed by atoms with E-state index < -0.39 is 210 Å². The third-order valence-corrected chi connectivity index (χ3v) is 22.8. The second-order valence-electron chi connectivity index (χ2n) is 27.6. The van der Waals surface area contributed by atoms with Gasteiger partial charge in [0.2, 0.25) is 0 Å². The Bertz CT molecular complexity index is 2350. The van der Waals surface area contributed by atoms with Crippen molar-refractivity contribution in [2.24, 2.45) is 52.3 Å². The Labute approximate surface area is 508 Å². The van der Waals surface area contributed by atoms with E-state index in [2.05, 4.69) is 26.1 Å². The number of nitrogens with one attached hydrogen (secondary N) is 1. The molecule has 17 N–H and O–H groups in total. The number of aliphatic hydroxyl groups excluding tert-OH is 16. The molecule has 7 aliphatic heterocycles. The molecule has 4 aliphatic carbocycles. The van der Waals surface area contributed by atoms with Gasteiger partial charge in [0, 0.05) is 19.4 Å². The Morgan fingerprint density at radius 3 is 1.68 bits per heavy atom. The predicted octanol–water partition coefficient (Wildman–Crippen LogP) is -6.36. The van der Waals surface area contributed by atoms with Gasteiger partial charge >= 0.3 is 5.97 Å². The van der Waals surface area contributed by atoms with Crippen LogP contribution in [0.3, 0.4) is 0 Å². The van der Waals surface area contributed by atoms with Gasteiger partial charge < -0.3 is 139 Å². The van der Waals surface area contributed by atoms with Crippen molar-refractivity contribution in [3.63, 3.8) is 0 Å². The van der Waals surface area contributed by atoms with Gasteiger partial charge in [-0.2, -0.15) is 0 Å². The van der Waals surface area contributed by atoms with Crippen molar-refractivity contribution in [2.45, 2.75) is 264 Å². The summed E-state index contributed by atoms with van der Waals surface area (Å²) in [5, 5.41) is 176. The summed E-state index contributed by atoms with van der Waals surface area (Å²) in [4.78, 5) is 13.0. The van der Waals surface area contributed by atoms with Crippen LogP contribution in [0.2, 0.25) is 0 Å². The van der Waals surface area contributed by atoms with E-state index in [9.17, 15) is 86.5 Å². The molecule has 1 spiro atoms. The lowest BCUT2D eigenvalue weighted by Gasteiger charge is -2.61. The highest BCUT2D eigenvalue weighted by Crippen LogP contribution is 2.71. The lowest BCUT2D eigenvalue weighted by molar-refractivity contribution is -0.404. The summed E-state index contributed by atoms with van der Waals surface area (Å²) in [5.74, 6) is 0.294. The van der Waals surface area contributed by atoms with E-state index in [-0.39, 0.29) is 40.6 Å². The van der Waals surface area contributed by atoms with Crippen LogP contribution in [-0.2, 0) is 61.6 Å². The van der Waals surface area contributed by atoms with E-state index in [1.54, 1.807) is 0 Å². The third kappa shape index (κ3) is 11.7. The maximum atomic E-state index is 13.0. The summed E-state index contributed by atoms with van der Waals surface area (Å²) in [6.45, 7) is 6.73. The van der Waals surface area contributed by atoms with Gasteiger partial charge in [0.05, 0.1) is 45.2 Å². The fraction of sp³-hybridized carbons (Fsp3) is 0.983. The van der Waals surface area contributed by atoms with E-state index >= 15 is 0 Å². The molecule has 30 nitrogen and oxygen atoms in total. The van der Waals surface area contributed by atoms with Gasteiger partial charge in [-0.1, -0.05) is 27.7 Å². The first-order chi connectivity index (χ1) is 41.7. The van der Waals surface area contributed by atoms with E-state index in [1.807, 2.05) is 6.92 Å². The SMILES string of the molecule is CC(=O)OC1C(OC2OC(CO)C(O)C(O)C2O)C(C)CNC12OC1CC3C4CCC5CC(OC6OC(CO)C(OC7OC(CO)C(O)C(OC8OCC(O)C(O)C8O)C7OC7OC(CO)C(O)C(O)C7O)C(O)C6O)CCC5(C)C4CCC3(C)C1C2C. The Morgan fingerprint density at radius 2 is 1.06 bits per heavy atom. The highest BCUT2D eigenvalue weighted by Gasteiger charge is 2.72. The van der Waals surface area contributed by atoms with Gasteiger partial charge in [0.1, 0.15) is 122 Å². The summed E-state index contributed by atoms with van der Waals surface area (Å²) in [6, 6.07) is 0. The second kappa shape index (κ2) is 26.5. The number of hydrogen-bond acceptors (Lipinski definition) is 30. The number of carbonyl (C=O) groups excluding carboxylic acids is 1. The molecule has 11 rings (SSSR count). The van der Waals surface area contributed by atoms with E-state index in [0.717, 1.165) is 38.5 Å². The number of carbonyl (C=O) groups is 1. The molecule has 38 unspecified atom stereocenters. The van der Waals surface area contributed by atoms with Crippen LogP contribution in [0.4, 0.5) is 0 Å². The monoisotopic (exact) mass is 1270 g/mol. The lowest BCUT2D eigenvalue weighted by atomic mass is 9.44. The van der Waals surface area contributed by atoms with Crippen LogP contribution in [0.1, 0.15) is 86.0 Å². The Kier molecular flexibility index (Phi) is 20.4. The van der Waals surface area contributed by atoms with Crippen LogP contribution >= 0.6 is 0 Å². The minimum atomic E-state index is -2.03. The average Bonchev–Trinajstić information content (AvgIpc) is 1.50. The summed E-state index contributed by atoms with van der Waals surface area (Å²) >= 11 is 0. The Morgan fingerprint density at radius 1 is 0.523 bits per heavy atom. The first-order valence-corrected chi connectivity index (χ1v) is 31.5. The maximum Gasteiger partial charge on any atom is 0.303 e. The van der Waals surface area contributed by atoms with Crippen molar-refractivity contribution >= 4 is 5.97 Å². The van der Waals surface area contributed by atoms with Crippen LogP contribution in [0.25, 0.3) is 0 Å². The van der Waals surface area contributed by atoms with Crippen molar-refractivity contribution in [1.82, 2.24) is 5.32 Å². The van der Waals surface area contributed by atoms with Gasteiger partial charge in [-0.05, 0) is 97.7 Å². The van der Waals surface area contributed by atoms with Crippen molar-refractivity contribution in [2.75, 3.05) is 39.6 Å². The highest BCUT2D eigenvalue weighted by molar-refractivity contribution is 5.66. The quantitative estimate of drug-likeness (QED) is 0.0536. The van der Waals surface area contributed by atoms with Crippen molar-refractivity contribution < 1.29 is 143 Å². The fourth-order valence-corrected chi connectivity index (χ4v) is 18.0. The van der Waals surface area contributed by atoms with E-state index in [4.69, 9.17) is 56.8 Å². The lowest BCUT2D eigenvalue weighted by Crippen LogP contribution is -2.71. The number of piperidine rings is 1. The van der Waals surface area contributed by atoms with Gasteiger partial charge in [-0.15, -0.1) is 0 Å². The molecule has 11 fully saturated rings. The molecule has 0 bridgehead atoms. The van der Waals surface area contributed by atoms with E-state index in [0.29, 0.717) is 37.1 Å². The largest absolute Gasteiger partial charge is 0.455 e. The van der Waals surface area contributed by atoms with Crippen molar-refractivity contribution in [3.05, 3.63) is 0 Å². The minimum absolute atomic E-state index is 0.0616. The van der Waals surface area contributed by atoms with Crippen LogP contribution in [0.15, 0.2) is 0 Å². The normalized spacial score (nSPS) is 56.4. The Hall–Kier alpha value is -1.65. The summed E-state index contributed by atoms with van der Waals surface area (Å²) in [5.41, 5.74) is -1.41. The van der Waals surface area contributed by atoms with E-state index in [1.165, 1.54) is 6.92 Å². The molecule has 30 heteroatoms. The molecule has 0 amide bonds. The zero-order valence-electron chi connectivity index (χ0n) is 50.1. The molecule has 7 heterocycles. The minimum Gasteiger partial charge on any atom is -0.455 e. The molecule has 88 heavy (non-hydrogen) atoms. The molecular formula is C58H95NO29. The van der Waals surface area contributed by atoms with Crippen LogP contribution in [-0.4, -0.2) is 305 Å². The Balaban J connectivity index is 0.751. The molecule has 0 aromatic carbocycles. The highest BCUT2D eigenvalue weighted by atomic mass is 16.8. The molecule has 38 atom stereocenters. The number of esters is 1. The zero-order chi connectivity index (χ0) is 63.4. The molecule has 506 valence electrons. The standard InChI is InChI=1S/C58H95NO29/c1-20-14-59-58(50(78-22(3)64)46(20)84-53-43(74)39(70)36(67)30(15-60)80-53)21(2)34-29(88-58)13-27-25-7-6-23-12-24(8-10-56(23,4)26(25)9-11-57(27,34)5)79-52-45(76)41(72)47(33(18-63)83-52)85-55-49(87-54-44(75)40(71)37(68)31(16-61)81-54)48(38(69)32(17-62)82-55)86-51-42(73)35(66)28(65)19-77-51/h20-21,23-55,59-63,65-76H,6-19H2,1-5H3. The average molecular weight is 1270 g/mol. The summed E-state index contributed by atoms with van der Waals surface area (Å²) in [6.07, 6.45) is -37.3. The van der Waals surface area contributed by atoms with Crippen molar-refractivity contribution in [1.29, 1.82) is 0 Å². The molecule has 4 saturated carbocycles. The molecule has 0 aromatic heterocycles. The maximum absolute atomic E-state index is 13.0. The third-order valence-electron chi connectivity index (χ3n) is 22.8. The number of ether oxygens (including phenoxy) is 12. The first-order valence-electron chi connectivity index (χ1n) is 31.5. The van der Waals surface area contributed by atoms with Crippen LogP contribution in [0.5, 0.6) is 0 Å². The van der Waals surface area contributed by atoms with Crippen LogP contribution in [0, 0.1) is 52.3 Å².